The van der Waals surface area contributed by atoms with Crippen molar-refractivity contribution in [1.29, 1.82) is 15.8 Å². The van der Waals surface area contributed by atoms with Crippen LogP contribution in [0, 0.1) is 34.0 Å². The standard InChI is InChI=1S/C46H31N5/c47-26-30-19-21-36-33(23-30)29-50(43-22-20-31(27-48)24-41(36)43)34-10-7-9-32(25-34)35-14-8-15-37(42(35)28-49)38-11-1-4-16-44(38)51-45-17-5-2-12-39(45)40-13-3-6-18-46(40)51/h1-3,5,7-15,17,19-25H,4,6,16,18,29H2. The largest absolute Gasteiger partial charge is 0.336 e. The van der Waals surface area contributed by atoms with Gasteiger partial charge in [0.15, 0.2) is 0 Å². The Morgan fingerprint density at radius 2 is 1.39 bits per heavy atom. The van der Waals surface area contributed by atoms with Crippen LogP contribution in [0.1, 0.15) is 58.3 Å². The van der Waals surface area contributed by atoms with Gasteiger partial charge in [-0.2, -0.15) is 15.8 Å². The molecule has 9 rings (SSSR count). The first-order valence-corrected chi connectivity index (χ1v) is 17.3. The molecule has 0 atom stereocenters. The smallest absolute Gasteiger partial charge is 0.100 e. The third kappa shape index (κ3) is 4.89. The summed E-state index contributed by atoms with van der Waals surface area (Å²) in [5, 5.41) is 31.5. The summed E-state index contributed by atoms with van der Waals surface area (Å²) in [6, 6.07) is 41.9. The molecule has 1 aromatic heterocycles. The average Bonchev–Trinajstić information content (AvgIpc) is 3.54. The Morgan fingerprint density at radius 1 is 0.608 bits per heavy atom. The summed E-state index contributed by atoms with van der Waals surface area (Å²) >= 11 is 0. The Bertz CT molecular complexity index is 2660. The van der Waals surface area contributed by atoms with Crippen LogP contribution in [-0.4, -0.2) is 4.57 Å². The molecule has 1 aliphatic heterocycles. The number of anilines is 2. The number of benzene rings is 5. The molecule has 0 saturated heterocycles. The molecule has 0 spiro atoms. The van der Waals surface area contributed by atoms with Gasteiger partial charge in [-0.15, -0.1) is 0 Å². The Morgan fingerprint density at radius 3 is 2.27 bits per heavy atom. The van der Waals surface area contributed by atoms with Crippen molar-refractivity contribution in [3.05, 3.63) is 160 Å². The van der Waals surface area contributed by atoms with E-state index in [2.05, 4.69) is 107 Å². The molecule has 0 radical (unpaired) electrons. The van der Waals surface area contributed by atoms with Gasteiger partial charge in [-0.05, 0) is 90.9 Å². The summed E-state index contributed by atoms with van der Waals surface area (Å²) in [6.45, 7) is 0.573. The van der Waals surface area contributed by atoms with Crippen molar-refractivity contribution < 1.29 is 0 Å². The number of fused-ring (bicyclic) bond motifs is 6. The second-order valence-electron chi connectivity index (χ2n) is 13.3. The van der Waals surface area contributed by atoms with Crippen LogP contribution in [-0.2, 0) is 13.0 Å². The van der Waals surface area contributed by atoms with Gasteiger partial charge in [0, 0.05) is 62.5 Å². The van der Waals surface area contributed by atoms with Crippen LogP contribution in [0.25, 0.3) is 50.5 Å². The maximum Gasteiger partial charge on any atom is 0.100 e. The molecular weight excluding hydrogens is 623 g/mol. The summed E-state index contributed by atoms with van der Waals surface area (Å²) in [4.78, 5) is 2.23. The number of allylic oxidation sites excluding steroid dienone is 5. The third-order valence-electron chi connectivity index (χ3n) is 10.5. The monoisotopic (exact) mass is 653 g/mol. The van der Waals surface area contributed by atoms with Crippen LogP contribution in [0.4, 0.5) is 11.4 Å². The fourth-order valence-electron chi connectivity index (χ4n) is 8.19. The fourth-order valence-corrected chi connectivity index (χ4v) is 8.19. The zero-order valence-electron chi connectivity index (χ0n) is 27.9. The average molecular weight is 654 g/mol. The Kier molecular flexibility index (Phi) is 7.24. The number of aromatic nitrogens is 1. The highest BCUT2D eigenvalue weighted by Gasteiger charge is 2.26. The molecule has 51 heavy (non-hydrogen) atoms. The van der Waals surface area contributed by atoms with Crippen molar-refractivity contribution >= 4 is 39.6 Å². The predicted octanol–water partition coefficient (Wildman–Crippen LogP) is 10.9. The van der Waals surface area contributed by atoms with Gasteiger partial charge in [-0.1, -0.05) is 78.9 Å². The van der Waals surface area contributed by atoms with Crippen molar-refractivity contribution in [2.45, 2.75) is 32.2 Å². The molecule has 0 fully saturated rings. The van der Waals surface area contributed by atoms with E-state index in [1.807, 2.05) is 48.5 Å². The summed E-state index contributed by atoms with van der Waals surface area (Å²) < 4.78 is 2.47. The van der Waals surface area contributed by atoms with Gasteiger partial charge in [-0.3, -0.25) is 0 Å². The van der Waals surface area contributed by atoms with E-state index in [0.717, 1.165) is 76.0 Å². The van der Waals surface area contributed by atoms with E-state index in [-0.39, 0.29) is 0 Å². The van der Waals surface area contributed by atoms with E-state index in [4.69, 9.17) is 0 Å². The van der Waals surface area contributed by atoms with Gasteiger partial charge in [0.05, 0.1) is 34.3 Å². The molecule has 240 valence electrons. The molecule has 3 aliphatic rings. The molecule has 5 aromatic carbocycles. The van der Waals surface area contributed by atoms with Crippen molar-refractivity contribution in [2.24, 2.45) is 0 Å². The van der Waals surface area contributed by atoms with Crippen LogP contribution < -0.4 is 4.90 Å². The predicted molar refractivity (Wildman–Crippen MR) is 205 cm³/mol. The fraction of sp³-hybridized carbons (Fsp3) is 0.109. The van der Waals surface area contributed by atoms with Crippen LogP contribution >= 0.6 is 0 Å². The first-order chi connectivity index (χ1) is 25.2. The lowest BCUT2D eigenvalue weighted by Gasteiger charge is -2.33. The molecule has 0 amide bonds. The second-order valence-corrected chi connectivity index (χ2v) is 13.3. The van der Waals surface area contributed by atoms with Gasteiger partial charge in [0.2, 0.25) is 0 Å². The molecule has 0 saturated carbocycles. The third-order valence-corrected chi connectivity index (χ3v) is 10.5. The maximum atomic E-state index is 10.9. The number of hydrogen-bond donors (Lipinski definition) is 0. The molecule has 0 N–H and O–H groups in total. The molecule has 2 heterocycles. The van der Waals surface area contributed by atoms with Gasteiger partial charge in [0.25, 0.3) is 0 Å². The van der Waals surface area contributed by atoms with Gasteiger partial charge < -0.3 is 9.47 Å². The van der Waals surface area contributed by atoms with Crippen LogP contribution in [0.2, 0.25) is 0 Å². The Hall–Kier alpha value is -6.87. The van der Waals surface area contributed by atoms with E-state index >= 15 is 0 Å². The quantitative estimate of drug-likeness (QED) is 0.190. The van der Waals surface area contributed by atoms with E-state index in [1.165, 1.54) is 27.9 Å². The van der Waals surface area contributed by atoms with Gasteiger partial charge in [-0.25, -0.2) is 0 Å². The molecule has 5 nitrogen and oxygen atoms in total. The highest BCUT2D eigenvalue weighted by Crippen LogP contribution is 2.45. The zero-order chi connectivity index (χ0) is 34.5. The van der Waals surface area contributed by atoms with Crippen LogP contribution in [0.5, 0.6) is 0 Å². The number of hydrogen-bond acceptors (Lipinski definition) is 4. The maximum absolute atomic E-state index is 10.9. The Balaban J connectivity index is 1.18. The van der Waals surface area contributed by atoms with E-state index in [1.54, 1.807) is 0 Å². The van der Waals surface area contributed by atoms with Gasteiger partial charge >= 0.3 is 0 Å². The molecule has 0 unspecified atom stereocenters. The molecular formula is C46H31N5. The molecule has 0 bridgehead atoms. The normalized spacial score (nSPS) is 14.3. The SMILES string of the molecule is N#Cc1ccc2c(c1)CN(c1cccc(-c3cccc(C4=C(n5c6c(c7ccccc75)C=CCC6)CCC=C4)c3C#N)c1)c1ccc(C#N)cc1-2. The molecule has 6 aromatic rings. The first kappa shape index (κ1) is 30.2. The number of nitriles is 3. The first-order valence-electron chi connectivity index (χ1n) is 17.3. The van der Waals surface area contributed by atoms with E-state index in [0.29, 0.717) is 23.2 Å². The lowest BCUT2D eigenvalue weighted by molar-refractivity contribution is 0.865. The minimum absolute atomic E-state index is 0.573. The Labute approximate surface area is 297 Å². The summed E-state index contributed by atoms with van der Waals surface area (Å²) in [5.41, 5.74) is 15.8. The van der Waals surface area contributed by atoms with Crippen LogP contribution in [0.15, 0.2) is 121 Å². The van der Waals surface area contributed by atoms with Crippen LogP contribution in [0.3, 0.4) is 0 Å². The number of nitrogens with zero attached hydrogens (tertiary/aromatic N) is 5. The van der Waals surface area contributed by atoms with Crippen molar-refractivity contribution in [3.63, 3.8) is 0 Å². The molecule has 2 aliphatic carbocycles. The van der Waals surface area contributed by atoms with Crippen molar-refractivity contribution in [2.75, 3.05) is 4.90 Å². The zero-order valence-corrected chi connectivity index (χ0v) is 27.9. The topological polar surface area (TPSA) is 79.5 Å². The highest BCUT2D eigenvalue weighted by atomic mass is 15.1. The summed E-state index contributed by atoms with van der Waals surface area (Å²) in [6.07, 6.45) is 12.8. The van der Waals surface area contributed by atoms with Crippen molar-refractivity contribution in [3.8, 4) is 40.5 Å². The highest BCUT2D eigenvalue weighted by molar-refractivity contribution is 6.01. The lowest BCUT2D eigenvalue weighted by Crippen LogP contribution is -2.21. The molecule has 5 heteroatoms. The van der Waals surface area contributed by atoms with Crippen molar-refractivity contribution in [1.82, 2.24) is 4.57 Å². The van der Waals surface area contributed by atoms with E-state index in [9.17, 15) is 15.8 Å². The van der Waals surface area contributed by atoms with Gasteiger partial charge in [0.1, 0.15) is 6.07 Å². The number of para-hydroxylation sites is 1. The summed E-state index contributed by atoms with van der Waals surface area (Å²) in [5.74, 6) is 0. The second kappa shape index (κ2) is 12.2. The minimum Gasteiger partial charge on any atom is -0.336 e. The van der Waals surface area contributed by atoms with E-state index < -0.39 is 0 Å². The number of rotatable bonds is 4. The minimum atomic E-state index is 0.573. The summed E-state index contributed by atoms with van der Waals surface area (Å²) in [7, 11) is 0. The lowest BCUT2D eigenvalue weighted by atomic mass is 9.88.